The van der Waals surface area contributed by atoms with Crippen LogP contribution in [0.15, 0.2) is 30.3 Å². The SMILES string of the molecule is CCCC(CCC)CNCc1ccccc1. The smallest absolute Gasteiger partial charge is 0.0205 e. The maximum atomic E-state index is 3.57. The Morgan fingerprint density at radius 2 is 1.62 bits per heavy atom. The molecule has 1 rings (SSSR count). The molecule has 0 bridgehead atoms. The summed E-state index contributed by atoms with van der Waals surface area (Å²) < 4.78 is 0. The zero-order valence-electron chi connectivity index (χ0n) is 10.7. The van der Waals surface area contributed by atoms with Crippen molar-refractivity contribution in [3.63, 3.8) is 0 Å². The predicted molar refractivity (Wildman–Crippen MR) is 71.5 cm³/mol. The van der Waals surface area contributed by atoms with Gasteiger partial charge < -0.3 is 5.32 Å². The van der Waals surface area contributed by atoms with Gasteiger partial charge in [-0.3, -0.25) is 0 Å². The van der Waals surface area contributed by atoms with Crippen molar-refractivity contribution in [3.05, 3.63) is 35.9 Å². The molecule has 0 heterocycles. The minimum atomic E-state index is 0.860. The van der Waals surface area contributed by atoms with Crippen LogP contribution in [0.1, 0.15) is 45.1 Å². The van der Waals surface area contributed by atoms with E-state index in [0.29, 0.717) is 0 Å². The van der Waals surface area contributed by atoms with Crippen LogP contribution in [-0.2, 0) is 6.54 Å². The summed E-state index contributed by atoms with van der Waals surface area (Å²) in [6.07, 6.45) is 5.32. The zero-order chi connectivity index (χ0) is 11.6. The Morgan fingerprint density at radius 3 is 2.19 bits per heavy atom. The van der Waals surface area contributed by atoms with Gasteiger partial charge in [-0.2, -0.15) is 0 Å². The molecule has 0 aliphatic rings. The molecule has 0 aromatic heterocycles. The fraction of sp³-hybridized carbons (Fsp3) is 0.600. The van der Waals surface area contributed by atoms with E-state index in [1.54, 1.807) is 0 Å². The number of rotatable bonds is 8. The Labute approximate surface area is 100 Å². The summed E-state index contributed by atoms with van der Waals surface area (Å²) in [6, 6.07) is 10.6. The maximum absolute atomic E-state index is 3.57. The van der Waals surface area contributed by atoms with Crippen molar-refractivity contribution in [2.75, 3.05) is 6.54 Å². The standard InChI is InChI=1S/C15H25N/c1-3-8-14(9-4-2)12-16-13-15-10-6-5-7-11-15/h5-7,10-11,14,16H,3-4,8-9,12-13H2,1-2H3. The molecule has 0 atom stereocenters. The van der Waals surface area contributed by atoms with E-state index >= 15 is 0 Å². The second kappa shape index (κ2) is 8.35. The summed E-state index contributed by atoms with van der Waals surface area (Å²) in [6.45, 7) is 6.72. The third kappa shape index (κ3) is 5.32. The van der Waals surface area contributed by atoms with Gasteiger partial charge in [0, 0.05) is 6.54 Å². The molecule has 1 aromatic carbocycles. The highest BCUT2D eigenvalue weighted by Crippen LogP contribution is 2.12. The first kappa shape index (κ1) is 13.2. The summed E-state index contributed by atoms with van der Waals surface area (Å²) in [4.78, 5) is 0. The highest BCUT2D eigenvalue weighted by Gasteiger charge is 2.05. The molecule has 90 valence electrons. The molecule has 0 spiro atoms. The lowest BCUT2D eigenvalue weighted by Gasteiger charge is -2.15. The van der Waals surface area contributed by atoms with Gasteiger partial charge in [-0.25, -0.2) is 0 Å². The molecule has 1 nitrogen and oxygen atoms in total. The van der Waals surface area contributed by atoms with E-state index in [2.05, 4.69) is 49.5 Å². The first-order valence-electron chi connectivity index (χ1n) is 6.61. The van der Waals surface area contributed by atoms with Crippen LogP contribution in [0.3, 0.4) is 0 Å². The zero-order valence-corrected chi connectivity index (χ0v) is 10.7. The van der Waals surface area contributed by atoms with Gasteiger partial charge in [-0.15, -0.1) is 0 Å². The van der Waals surface area contributed by atoms with Gasteiger partial charge in [-0.1, -0.05) is 57.0 Å². The quantitative estimate of drug-likeness (QED) is 0.697. The van der Waals surface area contributed by atoms with Gasteiger partial charge >= 0.3 is 0 Å². The molecule has 0 aliphatic heterocycles. The Morgan fingerprint density at radius 1 is 1.00 bits per heavy atom. The fourth-order valence-electron chi connectivity index (χ4n) is 2.18. The minimum Gasteiger partial charge on any atom is -0.312 e. The van der Waals surface area contributed by atoms with Crippen LogP contribution >= 0.6 is 0 Å². The normalized spacial score (nSPS) is 10.9. The van der Waals surface area contributed by atoms with Crippen molar-refractivity contribution in [1.29, 1.82) is 0 Å². The highest BCUT2D eigenvalue weighted by molar-refractivity contribution is 5.14. The fourth-order valence-corrected chi connectivity index (χ4v) is 2.18. The molecular weight excluding hydrogens is 194 g/mol. The molecule has 16 heavy (non-hydrogen) atoms. The van der Waals surface area contributed by atoms with Crippen LogP contribution in [0.25, 0.3) is 0 Å². The molecule has 0 fully saturated rings. The largest absolute Gasteiger partial charge is 0.312 e. The molecule has 1 heteroatoms. The molecule has 0 unspecified atom stereocenters. The molecule has 0 saturated carbocycles. The summed E-state index contributed by atoms with van der Waals surface area (Å²) in [5, 5.41) is 3.57. The van der Waals surface area contributed by atoms with Gasteiger partial charge in [0.05, 0.1) is 0 Å². The van der Waals surface area contributed by atoms with Crippen LogP contribution in [0, 0.1) is 5.92 Å². The monoisotopic (exact) mass is 219 g/mol. The number of benzene rings is 1. The topological polar surface area (TPSA) is 12.0 Å². The van der Waals surface area contributed by atoms with Crippen LogP contribution in [0.5, 0.6) is 0 Å². The lowest BCUT2D eigenvalue weighted by Crippen LogP contribution is -2.22. The molecular formula is C15H25N. The van der Waals surface area contributed by atoms with Crippen LogP contribution in [-0.4, -0.2) is 6.54 Å². The van der Waals surface area contributed by atoms with Crippen molar-refractivity contribution < 1.29 is 0 Å². The van der Waals surface area contributed by atoms with E-state index in [9.17, 15) is 0 Å². The van der Waals surface area contributed by atoms with Crippen LogP contribution in [0.2, 0.25) is 0 Å². The molecule has 0 amide bonds. The van der Waals surface area contributed by atoms with Gasteiger partial charge in [0.25, 0.3) is 0 Å². The Kier molecular flexibility index (Phi) is 6.91. The lowest BCUT2D eigenvalue weighted by molar-refractivity contribution is 0.410. The van der Waals surface area contributed by atoms with Crippen molar-refractivity contribution in [2.24, 2.45) is 5.92 Å². The highest BCUT2D eigenvalue weighted by atomic mass is 14.9. The van der Waals surface area contributed by atoms with Gasteiger partial charge in [0.15, 0.2) is 0 Å². The van der Waals surface area contributed by atoms with E-state index in [0.717, 1.165) is 19.0 Å². The molecule has 0 radical (unpaired) electrons. The van der Waals surface area contributed by atoms with Gasteiger partial charge in [0.2, 0.25) is 0 Å². The van der Waals surface area contributed by atoms with Crippen molar-refractivity contribution >= 4 is 0 Å². The first-order valence-corrected chi connectivity index (χ1v) is 6.61. The van der Waals surface area contributed by atoms with E-state index in [4.69, 9.17) is 0 Å². The predicted octanol–water partition coefficient (Wildman–Crippen LogP) is 3.99. The maximum Gasteiger partial charge on any atom is 0.0205 e. The van der Waals surface area contributed by atoms with E-state index in [1.807, 2.05) is 0 Å². The van der Waals surface area contributed by atoms with E-state index in [-0.39, 0.29) is 0 Å². The molecule has 0 saturated heterocycles. The average molecular weight is 219 g/mol. The third-order valence-electron chi connectivity index (χ3n) is 3.00. The third-order valence-corrected chi connectivity index (χ3v) is 3.00. The lowest BCUT2D eigenvalue weighted by atomic mass is 9.98. The van der Waals surface area contributed by atoms with Crippen LogP contribution in [0.4, 0.5) is 0 Å². The summed E-state index contributed by atoms with van der Waals surface area (Å²) >= 11 is 0. The summed E-state index contributed by atoms with van der Waals surface area (Å²) in [5.74, 6) is 0.860. The minimum absolute atomic E-state index is 0.860. The Hall–Kier alpha value is -0.820. The average Bonchev–Trinajstić information content (AvgIpc) is 2.31. The Bertz CT molecular complexity index is 249. The van der Waals surface area contributed by atoms with Crippen molar-refractivity contribution in [3.8, 4) is 0 Å². The molecule has 1 N–H and O–H groups in total. The second-order valence-corrected chi connectivity index (χ2v) is 4.56. The van der Waals surface area contributed by atoms with Gasteiger partial charge in [-0.05, 0) is 30.9 Å². The summed E-state index contributed by atoms with van der Waals surface area (Å²) in [7, 11) is 0. The molecule has 0 aliphatic carbocycles. The van der Waals surface area contributed by atoms with Gasteiger partial charge in [0.1, 0.15) is 0 Å². The van der Waals surface area contributed by atoms with Crippen molar-refractivity contribution in [1.82, 2.24) is 5.32 Å². The van der Waals surface area contributed by atoms with Crippen LogP contribution < -0.4 is 5.32 Å². The molecule has 1 aromatic rings. The number of hydrogen-bond acceptors (Lipinski definition) is 1. The Balaban J connectivity index is 2.22. The summed E-state index contributed by atoms with van der Waals surface area (Å²) in [5.41, 5.74) is 1.38. The second-order valence-electron chi connectivity index (χ2n) is 4.56. The van der Waals surface area contributed by atoms with Crippen molar-refractivity contribution in [2.45, 2.75) is 46.1 Å². The number of hydrogen-bond donors (Lipinski definition) is 1. The van der Waals surface area contributed by atoms with E-state index < -0.39 is 0 Å². The first-order chi connectivity index (χ1) is 7.86. The number of nitrogens with one attached hydrogen (secondary N) is 1. The van der Waals surface area contributed by atoms with E-state index in [1.165, 1.54) is 31.2 Å².